The number of nitrogens with one attached hydrogen (secondary N) is 1. The fourth-order valence-electron chi connectivity index (χ4n) is 5.05. The molecule has 5 atom stereocenters. The van der Waals surface area contributed by atoms with Crippen molar-refractivity contribution >= 4 is 29.4 Å². The quantitative estimate of drug-likeness (QED) is 0.824. The third kappa shape index (κ3) is 2.12. The molecular weight excluding hydrogens is 340 g/mol. The second kappa shape index (κ2) is 5.72. The van der Waals surface area contributed by atoms with Crippen molar-refractivity contribution in [2.75, 3.05) is 4.90 Å². The maximum Gasteiger partial charge on any atom is 0.244 e. The summed E-state index contributed by atoms with van der Waals surface area (Å²) in [5.41, 5.74) is 2.66. The van der Waals surface area contributed by atoms with Gasteiger partial charge >= 0.3 is 0 Å². The average molecular weight is 359 g/mol. The van der Waals surface area contributed by atoms with Gasteiger partial charge in [-0.05, 0) is 23.8 Å². The predicted molar refractivity (Wildman–Crippen MR) is 99.6 cm³/mol. The number of Topliss-reactive ketones (excluding diaryl/α,β-unsaturated/α-hetero) is 1. The Hall–Kier alpha value is -3.05. The normalized spacial score (nSPS) is 30.9. The van der Waals surface area contributed by atoms with Crippen LogP contribution in [0.5, 0.6) is 0 Å². The number of nitrogens with zero attached hydrogens (tertiary/aromatic N) is 1. The Morgan fingerprint density at radius 2 is 1.59 bits per heavy atom. The Morgan fingerprint density at radius 3 is 2.33 bits per heavy atom. The monoisotopic (exact) mass is 359 g/mol. The molecule has 0 saturated carbocycles. The highest BCUT2D eigenvalue weighted by molar-refractivity contribution is 6.23. The van der Waals surface area contributed by atoms with Gasteiger partial charge in [0.1, 0.15) is 17.9 Å². The van der Waals surface area contributed by atoms with Crippen molar-refractivity contribution in [3.63, 3.8) is 0 Å². The van der Waals surface area contributed by atoms with Crippen molar-refractivity contribution in [1.82, 2.24) is 0 Å². The molecule has 2 amide bonds. The molecule has 2 fully saturated rings. The van der Waals surface area contributed by atoms with Gasteiger partial charge in [-0.25, -0.2) is 4.90 Å². The number of benzene rings is 2. The van der Waals surface area contributed by atoms with Crippen LogP contribution in [0.4, 0.5) is 5.69 Å². The number of hydrogen-bond acceptors (Lipinski definition) is 3. The highest BCUT2D eigenvalue weighted by Crippen LogP contribution is 2.44. The number of rotatable bonds is 2. The van der Waals surface area contributed by atoms with E-state index in [9.17, 15) is 14.4 Å². The number of carbonyl (C=O) groups is 3. The smallest absolute Gasteiger partial charge is 0.244 e. The minimum Gasteiger partial charge on any atom is -0.293 e. The number of quaternary nitrogens is 1. The first kappa shape index (κ1) is 16.1. The van der Waals surface area contributed by atoms with Gasteiger partial charge in [0, 0.05) is 12.5 Å². The third-order valence-electron chi connectivity index (χ3n) is 6.07. The first-order valence-electron chi connectivity index (χ1n) is 9.16. The summed E-state index contributed by atoms with van der Waals surface area (Å²) >= 11 is 0. The summed E-state index contributed by atoms with van der Waals surface area (Å²) in [5.74, 6) is -1.65. The zero-order valence-corrected chi connectivity index (χ0v) is 14.8. The number of para-hydroxylation sites is 1. The summed E-state index contributed by atoms with van der Waals surface area (Å²) < 4.78 is 0. The van der Waals surface area contributed by atoms with Crippen LogP contribution in [0.25, 0.3) is 6.08 Å². The van der Waals surface area contributed by atoms with Crippen LogP contribution in [-0.4, -0.2) is 23.6 Å². The summed E-state index contributed by atoms with van der Waals surface area (Å²) in [6.07, 6.45) is 3.94. The van der Waals surface area contributed by atoms with E-state index >= 15 is 0 Å². The van der Waals surface area contributed by atoms with E-state index in [4.69, 9.17) is 0 Å². The van der Waals surface area contributed by atoms with E-state index in [-0.39, 0.29) is 23.6 Å². The average Bonchev–Trinajstić information content (AvgIpc) is 3.16. The van der Waals surface area contributed by atoms with Gasteiger partial charge < -0.3 is 0 Å². The Morgan fingerprint density at radius 1 is 0.926 bits per heavy atom. The van der Waals surface area contributed by atoms with Crippen molar-refractivity contribution in [2.24, 2.45) is 11.8 Å². The second-order valence-corrected chi connectivity index (χ2v) is 7.43. The molecule has 5 nitrogen and oxygen atoms in total. The van der Waals surface area contributed by atoms with E-state index in [1.54, 1.807) is 12.1 Å². The molecule has 0 aliphatic carbocycles. The van der Waals surface area contributed by atoms with Crippen LogP contribution in [0.1, 0.15) is 24.1 Å². The Kier molecular flexibility index (Phi) is 3.42. The van der Waals surface area contributed by atoms with Gasteiger partial charge in [-0.3, -0.25) is 19.3 Å². The molecule has 134 valence electrons. The van der Waals surface area contributed by atoms with Gasteiger partial charge in [-0.2, -0.15) is 0 Å². The molecule has 3 aliphatic heterocycles. The molecule has 2 aromatic rings. The van der Waals surface area contributed by atoms with Crippen molar-refractivity contribution in [3.05, 3.63) is 71.9 Å². The minimum absolute atomic E-state index is 0.0532. The maximum absolute atomic E-state index is 13.4. The molecule has 0 spiro atoms. The molecule has 1 unspecified atom stereocenters. The van der Waals surface area contributed by atoms with E-state index in [1.165, 1.54) is 11.8 Å². The summed E-state index contributed by atoms with van der Waals surface area (Å²) in [6.45, 7) is 1.52. The van der Waals surface area contributed by atoms with Crippen molar-refractivity contribution < 1.29 is 19.3 Å². The van der Waals surface area contributed by atoms with Gasteiger partial charge in [0.2, 0.25) is 11.8 Å². The number of carbonyl (C=O) groups excluding carboxylic acids is 3. The number of ketones is 1. The molecule has 2 saturated heterocycles. The molecule has 1 N–H and O–H groups in total. The minimum atomic E-state index is -0.619. The van der Waals surface area contributed by atoms with E-state index < -0.39 is 17.9 Å². The summed E-state index contributed by atoms with van der Waals surface area (Å²) in [7, 11) is 0. The molecular formula is C22H19N2O3+. The second-order valence-electron chi connectivity index (χ2n) is 7.43. The number of hydrogen-bond donors (Lipinski definition) is 1. The maximum atomic E-state index is 13.4. The first-order valence-corrected chi connectivity index (χ1v) is 9.16. The highest BCUT2D eigenvalue weighted by atomic mass is 16.2. The van der Waals surface area contributed by atoms with Crippen LogP contribution in [-0.2, 0) is 14.4 Å². The third-order valence-corrected chi connectivity index (χ3v) is 6.07. The van der Waals surface area contributed by atoms with Crippen LogP contribution in [0.2, 0.25) is 0 Å². The molecule has 5 heteroatoms. The fourth-order valence-corrected chi connectivity index (χ4v) is 5.05. The van der Waals surface area contributed by atoms with E-state index in [0.29, 0.717) is 5.69 Å². The Labute approximate surface area is 156 Å². The summed E-state index contributed by atoms with van der Waals surface area (Å²) in [4.78, 5) is 41.4. The largest absolute Gasteiger partial charge is 0.293 e. The van der Waals surface area contributed by atoms with Crippen LogP contribution in [0, 0.1) is 11.8 Å². The zero-order valence-electron chi connectivity index (χ0n) is 14.8. The molecule has 3 heterocycles. The first-order chi connectivity index (χ1) is 13.1. The summed E-state index contributed by atoms with van der Waals surface area (Å²) in [5, 5.41) is 0. The topological polar surface area (TPSA) is 58.9 Å². The van der Waals surface area contributed by atoms with Gasteiger partial charge in [0.15, 0.2) is 11.8 Å². The molecule has 3 aliphatic rings. The van der Waals surface area contributed by atoms with Gasteiger partial charge in [0.25, 0.3) is 0 Å². The van der Waals surface area contributed by atoms with Crippen LogP contribution in [0.3, 0.4) is 0 Å². The van der Waals surface area contributed by atoms with Crippen molar-refractivity contribution in [3.8, 4) is 0 Å². The standard InChI is InChI=1S/C22H18N2O3/c1-13(25)19-17-18(20-16-10-6-5-7-14(16)11-12-23(19)20)22(27)24(21(17)26)15-8-3-2-4-9-15/h2-12,17-20H,1H3/p+1/t17-,18+,19+,20-/m1/s1. The SMILES string of the molecule is CC(=O)[C@H]1[C@@H]2C(=O)N(c3ccccc3)C(=O)[C@@H]2[C@H]2c3ccccc3C=C[NH+]21. The highest BCUT2D eigenvalue weighted by Gasteiger charge is 2.67. The predicted octanol–water partition coefficient (Wildman–Crippen LogP) is 1.37. The lowest BCUT2D eigenvalue weighted by atomic mass is 9.84. The molecule has 27 heavy (non-hydrogen) atoms. The van der Waals surface area contributed by atoms with Crippen molar-refractivity contribution in [2.45, 2.75) is 19.0 Å². The van der Waals surface area contributed by atoms with Gasteiger partial charge in [-0.15, -0.1) is 0 Å². The molecule has 0 radical (unpaired) electrons. The number of fused-ring (bicyclic) bond motifs is 5. The molecule has 0 aromatic heterocycles. The Balaban J connectivity index is 1.67. The molecule has 2 aromatic carbocycles. The van der Waals surface area contributed by atoms with Gasteiger partial charge in [0.05, 0.1) is 11.9 Å². The van der Waals surface area contributed by atoms with E-state index in [0.717, 1.165) is 16.0 Å². The number of anilines is 1. The fraction of sp³-hybridized carbons (Fsp3) is 0.227. The van der Waals surface area contributed by atoms with E-state index in [2.05, 4.69) is 0 Å². The lowest BCUT2D eigenvalue weighted by Gasteiger charge is -2.30. The van der Waals surface area contributed by atoms with Crippen LogP contribution >= 0.6 is 0 Å². The number of amides is 2. The Bertz CT molecular complexity index is 998. The molecule has 5 rings (SSSR count). The molecule has 0 bridgehead atoms. The van der Waals surface area contributed by atoms with E-state index in [1.807, 2.05) is 54.7 Å². The summed E-state index contributed by atoms with van der Waals surface area (Å²) in [6, 6.07) is 16.2. The van der Waals surface area contributed by atoms with Crippen LogP contribution in [0.15, 0.2) is 60.8 Å². The van der Waals surface area contributed by atoms with Crippen LogP contribution < -0.4 is 9.80 Å². The lowest BCUT2D eigenvalue weighted by molar-refractivity contribution is -0.884. The van der Waals surface area contributed by atoms with Crippen molar-refractivity contribution in [1.29, 1.82) is 0 Å². The number of imide groups is 1. The van der Waals surface area contributed by atoms with Gasteiger partial charge in [-0.1, -0.05) is 42.5 Å². The lowest BCUT2D eigenvalue weighted by Crippen LogP contribution is -3.12. The zero-order chi connectivity index (χ0) is 18.7.